The standard InChI is InChI=1S/C21H18N4O2/c1-12(2)26-19-9-6-13(11-22)10-17(19)21-24-20(25-27-21)16-5-3-4-15-14(16)7-8-18(15)23/h3-6,9-10,12,23H,7-8H2,1-2H3. The van der Waals surface area contributed by atoms with E-state index in [1.165, 1.54) is 0 Å². The van der Waals surface area contributed by atoms with Crippen molar-refractivity contribution in [1.82, 2.24) is 10.1 Å². The molecule has 1 aliphatic carbocycles. The van der Waals surface area contributed by atoms with Gasteiger partial charge in [0.1, 0.15) is 5.75 Å². The molecule has 1 aromatic heterocycles. The maximum Gasteiger partial charge on any atom is 0.262 e. The minimum atomic E-state index is -0.0255. The Kier molecular flexibility index (Phi) is 4.21. The highest BCUT2D eigenvalue weighted by molar-refractivity contribution is 6.03. The Morgan fingerprint density at radius 2 is 1.96 bits per heavy atom. The van der Waals surface area contributed by atoms with Gasteiger partial charge >= 0.3 is 0 Å². The molecule has 134 valence electrons. The van der Waals surface area contributed by atoms with E-state index >= 15 is 0 Å². The molecule has 0 bridgehead atoms. The first-order chi connectivity index (χ1) is 13.1. The van der Waals surface area contributed by atoms with Crippen LogP contribution < -0.4 is 4.74 Å². The summed E-state index contributed by atoms with van der Waals surface area (Å²) < 4.78 is 11.3. The molecule has 0 amide bonds. The first-order valence-corrected chi connectivity index (χ1v) is 8.81. The van der Waals surface area contributed by atoms with Crippen LogP contribution in [0.2, 0.25) is 0 Å². The zero-order valence-electron chi connectivity index (χ0n) is 15.1. The van der Waals surface area contributed by atoms with Crippen LogP contribution in [0.3, 0.4) is 0 Å². The van der Waals surface area contributed by atoms with Gasteiger partial charge in [-0.15, -0.1) is 0 Å². The summed E-state index contributed by atoms with van der Waals surface area (Å²) in [5, 5.41) is 21.4. The van der Waals surface area contributed by atoms with Crippen LogP contribution in [0.15, 0.2) is 40.9 Å². The molecule has 0 saturated carbocycles. The second kappa shape index (κ2) is 6.69. The predicted molar refractivity (Wildman–Crippen MR) is 101 cm³/mol. The summed E-state index contributed by atoms with van der Waals surface area (Å²) in [5.74, 6) is 1.39. The molecule has 0 radical (unpaired) electrons. The molecule has 2 aromatic carbocycles. The van der Waals surface area contributed by atoms with Crippen molar-refractivity contribution in [2.75, 3.05) is 0 Å². The van der Waals surface area contributed by atoms with E-state index in [1.54, 1.807) is 18.2 Å². The van der Waals surface area contributed by atoms with E-state index in [4.69, 9.17) is 14.7 Å². The van der Waals surface area contributed by atoms with Gasteiger partial charge < -0.3 is 14.7 Å². The molecule has 3 aromatic rings. The van der Waals surface area contributed by atoms with Gasteiger partial charge in [0, 0.05) is 11.3 Å². The van der Waals surface area contributed by atoms with Gasteiger partial charge in [-0.05, 0) is 56.0 Å². The van der Waals surface area contributed by atoms with Crippen LogP contribution in [-0.2, 0) is 6.42 Å². The van der Waals surface area contributed by atoms with Gasteiger partial charge in [0.25, 0.3) is 5.89 Å². The highest BCUT2D eigenvalue weighted by atomic mass is 16.5. The number of rotatable bonds is 4. The molecular formula is C21H18N4O2. The number of ether oxygens (including phenoxy) is 1. The van der Waals surface area contributed by atoms with E-state index in [0.717, 1.165) is 29.5 Å². The zero-order valence-corrected chi connectivity index (χ0v) is 15.1. The minimum Gasteiger partial charge on any atom is -0.490 e. The van der Waals surface area contributed by atoms with Crippen molar-refractivity contribution >= 4 is 5.71 Å². The fourth-order valence-electron chi connectivity index (χ4n) is 3.30. The van der Waals surface area contributed by atoms with Gasteiger partial charge in [-0.25, -0.2) is 0 Å². The van der Waals surface area contributed by atoms with Gasteiger partial charge in [0.2, 0.25) is 5.82 Å². The molecule has 1 N–H and O–H groups in total. The first kappa shape index (κ1) is 17.0. The molecule has 1 aliphatic rings. The third-order valence-corrected chi connectivity index (χ3v) is 4.49. The van der Waals surface area contributed by atoms with Crippen molar-refractivity contribution < 1.29 is 9.26 Å². The lowest BCUT2D eigenvalue weighted by Crippen LogP contribution is -2.06. The molecule has 0 saturated heterocycles. The lowest BCUT2D eigenvalue weighted by Gasteiger charge is -2.12. The summed E-state index contributed by atoms with van der Waals surface area (Å²) in [6, 6.07) is 13.1. The maximum absolute atomic E-state index is 9.22. The van der Waals surface area contributed by atoms with Crippen LogP contribution in [0.1, 0.15) is 37.0 Å². The lowest BCUT2D eigenvalue weighted by atomic mass is 10.0. The fourth-order valence-corrected chi connectivity index (χ4v) is 3.30. The SMILES string of the molecule is CC(C)Oc1ccc(C#N)cc1-c1nc(-c2cccc3c2CCC3=N)no1. The maximum atomic E-state index is 9.22. The molecule has 0 fully saturated rings. The smallest absolute Gasteiger partial charge is 0.262 e. The fraction of sp³-hybridized carbons (Fsp3) is 0.238. The second-order valence-electron chi connectivity index (χ2n) is 6.72. The van der Waals surface area contributed by atoms with Crippen LogP contribution in [0, 0.1) is 16.7 Å². The van der Waals surface area contributed by atoms with Crippen molar-refractivity contribution in [2.24, 2.45) is 0 Å². The Balaban J connectivity index is 1.79. The molecule has 0 atom stereocenters. The van der Waals surface area contributed by atoms with Crippen molar-refractivity contribution in [3.05, 3.63) is 53.1 Å². The van der Waals surface area contributed by atoms with E-state index in [2.05, 4.69) is 16.2 Å². The monoisotopic (exact) mass is 358 g/mol. The van der Waals surface area contributed by atoms with Gasteiger partial charge in [0.05, 0.1) is 23.3 Å². The number of fused-ring (bicyclic) bond motifs is 1. The Morgan fingerprint density at radius 3 is 2.74 bits per heavy atom. The Morgan fingerprint density at radius 1 is 1.15 bits per heavy atom. The van der Waals surface area contributed by atoms with Crippen LogP contribution in [-0.4, -0.2) is 22.0 Å². The van der Waals surface area contributed by atoms with Crippen molar-refractivity contribution in [1.29, 1.82) is 10.7 Å². The molecule has 6 nitrogen and oxygen atoms in total. The molecular weight excluding hydrogens is 340 g/mol. The highest BCUT2D eigenvalue weighted by Gasteiger charge is 2.23. The zero-order chi connectivity index (χ0) is 19.0. The lowest BCUT2D eigenvalue weighted by molar-refractivity contribution is 0.242. The van der Waals surface area contributed by atoms with Gasteiger partial charge in [-0.1, -0.05) is 23.4 Å². The predicted octanol–water partition coefficient (Wildman–Crippen LogP) is 4.38. The number of hydrogen-bond acceptors (Lipinski definition) is 6. The van der Waals surface area contributed by atoms with Gasteiger partial charge in [-0.2, -0.15) is 10.2 Å². The van der Waals surface area contributed by atoms with Crippen molar-refractivity contribution in [2.45, 2.75) is 32.8 Å². The number of nitrogens with one attached hydrogen (secondary N) is 1. The number of nitriles is 1. The Labute approximate surface area is 156 Å². The van der Waals surface area contributed by atoms with E-state index in [-0.39, 0.29) is 6.10 Å². The summed E-state index contributed by atoms with van der Waals surface area (Å²) in [6.07, 6.45) is 1.51. The molecule has 0 aliphatic heterocycles. The summed E-state index contributed by atoms with van der Waals surface area (Å²) in [7, 11) is 0. The molecule has 1 heterocycles. The Bertz CT molecular complexity index is 1080. The first-order valence-electron chi connectivity index (χ1n) is 8.81. The number of benzene rings is 2. The third kappa shape index (κ3) is 3.08. The summed E-state index contributed by atoms with van der Waals surface area (Å²) >= 11 is 0. The van der Waals surface area contributed by atoms with Crippen LogP contribution in [0.25, 0.3) is 22.8 Å². The van der Waals surface area contributed by atoms with Crippen LogP contribution in [0.4, 0.5) is 0 Å². The summed E-state index contributed by atoms with van der Waals surface area (Å²) in [4.78, 5) is 4.56. The molecule has 6 heteroatoms. The van der Waals surface area contributed by atoms with Crippen LogP contribution >= 0.6 is 0 Å². The minimum absolute atomic E-state index is 0.0255. The van der Waals surface area contributed by atoms with E-state index in [9.17, 15) is 5.26 Å². The second-order valence-corrected chi connectivity index (χ2v) is 6.72. The normalized spacial score (nSPS) is 12.9. The van der Waals surface area contributed by atoms with Crippen LogP contribution in [0.5, 0.6) is 5.75 Å². The molecule has 4 rings (SSSR count). The highest BCUT2D eigenvalue weighted by Crippen LogP contribution is 2.35. The Hall–Kier alpha value is -3.46. The third-order valence-electron chi connectivity index (χ3n) is 4.49. The largest absolute Gasteiger partial charge is 0.490 e. The van der Waals surface area contributed by atoms with E-state index in [1.807, 2.05) is 32.0 Å². The number of nitrogens with zero attached hydrogens (tertiary/aromatic N) is 3. The van der Waals surface area contributed by atoms with Gasteiger partial charge in [-0.3, -0.25) is 0 Å². The topological polar surface area (TPSA) is 95.8 Å². The van der Waals surface area contributed by atoms with E-state index < -0.39 is 0 Å². The molecule has 27 heavy (non-hydrogen) atoms. The van der Waals surface area contributed by atoms with Crippen molar-refractivity contribution in [3.63, 3.8) is 0 Å². The summed E-state index contributed by atoms with van der Waals surface area (Å²) in [5.41, 5.74) is 4.66. The molecule has 0 spiro atoms. The number of aromatic nitrogens is 2. The van der Waals surface area contributed by atoms with Gasteiger partial charge in [0.15, 0.2) is 0 Å². The average Bonchev–Trinajstić information content (AvgIpc) is 3.29. The molecule has 0 unspecified atom stereocenters. The van der Waals surface area contributed by atoms with Crippen molar-refractivity contribution in [3.8, 4) is 34.7 Å². The quantitative estimate of drug-likeness (QED) is 0.747. The average molecular weight is 358 g/mol. The van der Waals surface area contributed by atoms with E-state index in [0.29, 0.717) is 34.3 Å². The number of hydrogen-bond donors (Lipinski definition) is 1. The summed E-state index contributed by atoms with van der Waals surface area (Å²) in [6.45, 7) is 3.87.